The Hall–Kier alpha value is -1.85. The molecule has 1 amide bonds. The Kier molecular flexibility index (Phi) is 6.76. The van der Waals surface area contributed by atoms with Crippen LogP contribution in [-0.4, -0.2) is 35.5 Å². The molecule has 0 aliphatic heterocycles. The van der Waals surface area contributed by atoms with Gasteiger partial charge in [-0.2, -0.15) is 0 Å². The van der Waals surface area contributed by atoms with Gasteiger partial charge in [-0.05, 0) is 19.8 Å². The fourth-order valence-corrected chi connectivity index (χ4v) is 1.87. The predicted molar refractivity (Wildman–Crippen MR) is 81.9 cm³/mol. The highest BCUT2D eigenvalue weighted by Gasteiger charge is 2.12. The number of carbonyl (C=O) groups excluding carboxylic acids is 1. The molecule has 0 aromatic carbocycles. The first-order valence-electron chi connectivity index (χ1n) is 7.19. The van der Waals surface area contributed by atoms with Crippen LogP contribution in [0.5, 0.6) is 0 Å². The van der Waals surface area contributed by atoms with Crippen LogP contribution in [0.1, 0.15) is 38.9 Å². The van der Waals surface area contributed by atoms with Gasteiger partial charge in [0.1, 0.15) is 17.5 Å². The molecule has 1 aromatic rings. The van der Waals surface area contributed by atoms with Crippen LogP contribution in [0.25, 0.3) is 0 Å². The SMILES string of the molecule is CCCCN(CC(N)=O)c1cc(NCCC)nc(C)n1. The Morgan fingerprint density at radius 3 is 2.70 bits per heavy atom. The monoisotopic (exact) mass is 279 g/mol. The molecule has 3 N–H and O–H groups in total. The molecule has 6 nitrogen and oxygen atoms in total. The standard InChI is InChI=1S/C14H25N5O/c1-4-6-8-19(10-12(15)20)14-9-13(16-7-5-2)17-11(3)18-14/h9H,4-8,10H2,1-3H3,(H2,15,20)(H,16,17,18). The molecule has 0 bridgehead atoms. The number of nitrogens with two attached hydrogens (primary N) is 1. The number of amides is 1. The van der Waals surface area contributed by atoms with Crippen molar-refractivity contribution in [1.29, 1.82) is 0 Å². The van der Waals surface area contributed by atoms with E-state index in [-0.39, 0.29) is 12.5 Å². The number of rotatable bonds is 9. The largest absolute Gasteiger partial charge is 0.370 e. The zero-order valence-corrected chi connectivity index (χ0v) is 12.6. The van der Waals surface area contributed by atoms with Gasteiger partial charge in [0, 0.05) is 19.2 Å². The smallest absolute Gasteiger partial charge is 0.236 e. The van der Waals surface area contributed by atoms with Gasteiger partial charge in [-0.15, -0.1) is 0 Å². The second-order valence-corrected chi connectivity index (χ2v) is 4.83. The lowest BCUT2D eigenvalue weighted by atomic mass is 10.3. The zero-order valence-electron chi connectivity index (χ0n) is 12.6. The van der Waals surface area contributed by atoms with Crippen LogP contribution in [0, 0.1) is 6.92 Å². The summed E-state index contributed by atoms with van der Waals surface area (Å²) in [6.45, 7) is 7.88. The summed E-state index contributed by atoms with van der Waals surface area (Å²) in [5, 5.41) is 3.25. The summed E-state index contributed by atoms with van der Waals surface area (Å²) in [6.07, 6.45) is 3.08. The van der Waals surface area contributed by atoms with Gasteiger partial charge in [-0.3, -0.25) is 4.79 Å². The minimum Gasteiger partial charge on any atom is -0.370 e. The molecule has 0 radical (unpaired) electrons. The van der Waals surface area contributed by atoms with Crippen LogP contribution in [0.15, 0.2) is 6.07 Å². The van der Waals surface area contributed by atoms with E-state index < -0.39 is 0 Å². The van der Waals surface area contributed by atoms with E-state index in [9.17, 15) is 4.79 Å². The summed E-state index contributed by atoms with van der Waals surface area (Å²) in [4.78, 5) is 21.9. The third-order valence-electron chi connectivity index (χ3n) is 2.83. The number of aryl methyl sites for hydroxylation is 1. The number of anilines is 2. The number of hydrogen-bond acceptors (Lipinski definition) is 5. The molecule has 0 saturated heterocycles. The van der Waals surface area contributed by atoms with E-state index in [0.29, 0.717) is 5.82 Å². The molecule has 1 heterocycles. The molecule has 1 aromatic heterocycles. The number of unbranched alkanes of at least 4 members (excludes halogenated alkanes) is 1. The summed E-state index contributed by atoms with van der Waals surface area (Å²) in [5.41, 5.74) is 5.32. The van der Waals surface area contributed by atoms with Crippen LogP contribution in [0.2, 0.25) is 0 Å². The van der Waals surface area contributed by atoms with Crippen molar-refractivity contribution >= 4 is 17.5 Å². The molecular weight excluding hydrogens is 254 g/mol. The summed E-state index contributed by atoms with van der Waals surface area (Å²) in [6, 6.07) is 1.88. The lowest BCUT2D eigenvalue weighted by Gasteiger charge is -2.22. The molecule has 0 aliphatic rings. The van der Waals surface area contributed by atoms with E-state index in [1.54, 1.807) is 0 Å². The number of primary amides is 1. The van der Waals surface area contributed by atoms with Crippen molar-refractivity contribution in [3.8, 4) is 0 Å². The molecular formula is C14H25N5O. The first kappa shape index (κ1) is 16.2. The lowest BCUT2D eigenvalue weighted by molar-refractivity contribution is -0.116. The summed E-state index contributed by atoms with van der Waals surface area (Å²) in [7, 11) is 0. The van der Waals surface area contributed by atoms with Gasteiger partial charge in [-0.25, -0.2) is 9.97 Å². The molecule has 0 unspecified atom stereocenters. The Morgan fingerprint density at radius 1 is 1.35 bits per heavy atom. The van der Waals surface area contributed by atoms with Gasteiger partial charge in [-0.1, -0.05) is 20.3 Å². The minimum absolute atomic E-state index is 0.184. The van der Waals surface area contributed by atoms with Crippen LogP contribution < -0.4 is 16.0 Å². The molecule has 0 saturated carbocycles. The van der Waals surface area contributed by atoms with Crippen molar-refractivity contribution in [3.05, 3.63) is 11.9 Å². The predicted octanol–water partition coefficient (Wildman–Crippen LogP) is 1.70. The minimum atomic E-state index is -0.347. The maximum Gasteiger partial charge on any atom is 0.236 e. The number of nitrogens with one attached hydrogen (secondary N) is 1. The first-order chi connectivity index (χ1) is 9.56. The van der Waals surface area contributed by atoms with Crippen molar-refractivity contribution in [3.63, 3.8) is 0 Å². The third-order valence-corrected chi connectivity index (χ3v) is 2.83. The fraction of sp³-hybridized carbons (Fsp3) is 0.643. The van der Waals surface area contributed by atoms with Gasteiger partial charge in [0.2, 0.25) is 5.91 Å². The van der Waals surface area contributed by atoms with Gasteiger partial charge in [0.15, 0.2) is 0 Å². The summed E-state index contributed by atoms with van der Waals surface area (Å²) in [5.74, 6) is 1.89. The van der Waals surface area contributed by atoms with Gasteiger partial charge in [0.25, 0.3) is 0 Å². The zero-order chi connectivity index (χ0) is 15.0. The molecule has 112 valence electrons. The maximum atomic E-state index is 11.2. The van der Waals surface area contributed by atoms with Crippen molar-refractivity contribution in [2.24, 2.45) is 5.73 Å². The highest BCUT2D eigenvalue weighted by atomic mass is 16.1. The van der Waals surface area contributed by atoms with E-state index >= 15 is 0 Å². The fourth-order valence-electron chi connectivity index (χ4n) is 1.87. The third kappa shape index (κ3) is 5.42. The van der Waals surface area contributed by atoms with Crippen molar-refractivity contribution < 1.29 is 4.79 Å². The maximum absolute atomic E-state index is 11.2. The second-order valence-electron chi connectivity index (χ2n) is 4.83. The van der Waals surface area contributed by atoms with E-state index in [2.05, 4.69) is 29.1 Å². The molecule has 0 atom stereocenters. The van der Waals surface area contributed by atoms with Crippen LogP contribution >= 0.6 is 0 Å². The van der Waals surface area contributed by atoms with Gasteiger partial charge >= 0.3 is 0 Å². The molecule has 6 heteroatoms. The van der Waals surface area contributed by atoms with Gasteiger partial charge in [0.05, 0.1) is 6.54 Å². The average molecular weight is 279 g/mol. The number of nitrogens with zero attached hydrogens (tertiary/aromatic N) is 3. The molecule has 0 spiro atoms. The van der Waals surface area contributed by atoms with E-state index in [1.807, 2.05) is 17.9 Å². The van der Waals surface area contributed by atoms with Crippen molar-refractivity contribution in [2.45, 2.75) is 40.0 Å². The molecule has 0 fully saturated rings. The summed E-state index contributed by atoms with van der Waals surface area (Å²) >= 11 is 0. The normalized spacial score (nSPS) is 10.3. The van der Waals surface area contributed by atoms with E-state index in [1.165, 1.54) is 0 Å². The quantitative estimate of drug-likeness (QED) is 0.718. The average Bonchev–Trinajstić information content (AvgIpc) is 2.40. The van der Waals surface area contributed by atoms with Crippen LogP contribution in [-0.2, 0) is 4.79 Å². The highest BCUT2D eigenvalue weighted by Crippen LogP contribution is 2.16. The number of hydrogen-bond donors (Lipinski definition) is 2. The molecule has 20 heavy (non-hydrogen) atoms. The Balaban J connectivity index is 2.92. The Bertz CT molecular complexity index is 436. The molecule has 1 rings (SSSR count). The van der Waals surface area contributed by atoms with E-state index in [4.69, 9.17) is 5.73 Å². The van der Waals surface area contributed by atoms with Crippen molar-refractivity contribution in [1.82, 2.24) is 9.97 Å². The van der Waals surface area contributed by atoms with E-state index in [0.717, 1.165) is 44.0 Å². The Morgan fingerprint density at radius 2 is 2.10 bits per heavy atom. The summed E-state index contributed by atoms with van der Waals surface area (Å²) < 4.78 is 0. The Labute approximate surface area is 120 Å². The van der Waals surface area contributed by atoms with Crippen LogP contribution in [0.4, 0.5) is 11.6 Å². The van der Waals surface area contributed by atoms with Crippen molar-refractivity contribution in [2.75, 3.05) is 29.9 Å². The molecule has 0 aliphatic carbocycles. The highest BCUT2D eigenvalue weighted by molar-refractivity contribution is 5.79. The topological polar surface area (TPSA) is 84.1 Å². The lowest BCUT2D eigenvalue weighted by Crippen LogP contribution is -2.35. The first-order valence-corrected chi connectivity index (χ1v) is 7.19. The second kappa shape index (κ2) is 8.35. The number of aromatic nitrogens is 2. The number of carbonyl (C=O) groups is 1. The van der Waals surface area contributed by atoms with Gasteiger partial charge < -0.3 is 16.0 Å². The van der Waals surface area contributed by atoms with Crippen LogP contribution in [0.3, 0.4) is 0 Å².